The number of likely N-dealkylation sites (tertiary alicyclic amines) is 1. The van der Waals surface area contributed by atoms with E-state index in [2.05, 4.69) is 0 Å². The lowest BCUT2D eigenvalue weighted by Gasteiger charge is -2.24. The summed E-state index contributed by atoms with van der Waals surface area (Å²) in [4.78, 5) is 14.3. The summed E-state index contributed by atoms with van der Waals surface area (Å²) in [7, 11) is -2.21. The van der Waals surface area contributed by atoms with Crippen LogP contribution in [0.3, 0.4) is 0 Å². The van der Waals surface area contributed by atoms with Crippen molar-refractivity contribution in [1.82, 2.24) is 9.21 Å². The second-order valence-electron chi connectivity index (χ2n) is 5.81. The van der Waals surface area contributed by atoms with Crippen molar-refractivity contribution >= 4 is 28.3 Å². The van der Waals surface area contributed by atoms with Crippen LogP contribution >= 0.6 is 12.4 Å². The van der Waals surface area contributed by atoms with Crippen LogP contribution in [0.25, 0.3) is 0 Å². The molecule has 0 spiro atoms. The molecule has 1 aliphatic heterocycles. The highest BCUT2D eigenvalue weighted by atomic mass is 35.5. The van der Waals surface area contributed by atoms with Gasteiger partial charge in [-0.3, -0.25) is 4.79 Å². The van der Waals surface area contributed by atoms with Crippen molar-refractivity contribution in [2.24, 2.45) is 11.7 Å². The first-order valence-electron chi connectivity index (χ1n) is 7.37. The Hall–Kier alpha value is -1.15. The predicted molar refractivity (Wildman–Crippen MR) is 91.8 cm³/mol. The molecule has 1 fully saturated rings. The largest absolute Gasteiger partial charge is 0.339 e. The van der Waals surface area contributed by atoms with Gasteiger partial charge in [-0.25, -0.2) is 8.42 Å². The maximum atomic E-state index is 12.4. The number of carbonyl (C=O) groups is 1. The fourth-order valence-electron chi connectivity index (χ4n) is 2.80. The summed E-state index contributed by atoms with van der Waals surface area (Å²) < 4.78 is 25.9. The monoisotopic (exact) mass is 361 g/mol. The lowest BCUT2D eigenvalue weighted by atomic mass is 10.1. The number of nitrogens with two attached hydrogens (primary N) is 1. The first-order chi connectivity index (χ1) is 10.4. The van der Waals surface area contributed by atoms with Crippen molar-refractivity contribution in [3.63, 3.8) is 0 Å². The van der Waals surface area contributed by atoms with Crippen molar-refractivity contribution in [2.45, 2.75) is 24.3 Å². The fraction of sp³-hybridized carbons (Fsp3) is 0.533. The summed E-state index contributed by atoms with van der Waals surface area (Å²) in [5, 5.41) is 0. The number of hydrogen-bond acceptors (Lipinski definition) is 4. The number of rotatable bonds is 5. The van der Waals surface area contributed by atoms with Crippen molar-refractivity contribution in [3.05, 3.63) is 30.3 Å². The molecule has 0 bridgehead atoms. The number of benzene rings is 1. The highest BCUT2D eigenvalue weighted by Crippen LogP contribution is 2.23. The molecule has 1 aliphatic rings. The molecule has 1 amide bonds. The second-order valence-corrected chi connectivity index (χ2v) is 7.85. The van der Waals surface area contributed by atoms with Crippen LogP contribution in [0.5, 0.6) is 0 Å². The van der Waals surface area contributed by atoms with Crippen LogP contribution < -0.4 is 5.73 Å². The van der Waals surface area contributed by atoms with Gasteiger partial charge in [0, 0.05) is 19.6 Å². The first kappa shape index (κ1) is 19.9. The minimum atomic E-state index is -3.64. The van der Waals surface area contributed by atoms with E-state index in [0.717, 1.165) is 10.7 Å². The Balaban J connectivity index is 0.00000264. The van der Waals surface area contributed by atoms with Gasteiger partial charge >= 0.3 is 0 Å². The lowest BCUT2D eigenvalue weighted by Crippen LogP contribution is -2.42. The third-order valence-electron chi connectivity index (χ3n) is 4.12. The molecular formula is C15H24ClN3O3S. The number of halogens is 1. The van der Waals surface area contributed by atoms with Crippen molar-refractivity contribution in [2.75, 3.05) is 26.7 Å². The van der Waals surface area contributed by atoms with Gasteiger partial charge < -0.3 is 10.6 Å². The average molecular weight is 362 g/mol. The SMILES string of the molecule is CC1CC(CN)CN1C(=O)CN(C)S(=O)(=O)c1ccccc1.Cl. The van der Waals surface area contributed by atoms with Gasteiger partial charge in [0.15, 0.2) is 0 Å². The Morgan fingerprint density at radius 1 is 1.35 bits per heavy atom. The summed E-state index contributed by atoms with van der Waals surface area (Å²) in [5.74, 6) is 0.125. The third kappa shape index (κ3) is 4.44. The fourth-order valence-corrected chi connectivity index (χ4v) is 3.94. The predicted octanol–water partition coefficient (Wildman–Crippen LogP) is 0.925. The van der Waals surface area contributed by atoms with E-state index in [9.17, 15) is 13.2 Å². The molecule has 2 rings (SSSR count). The highest BCUT2D eigenvalue weighted by Gasteiger charge is 2.33. The van der Waals surface area contributed by atoms with E-state index in [0.29, 0.717) is 19.0 Å². The summed E-state index contributed by atoms with van der Waals surface area (Å²) in [6.07, 6.45) is 0.872. The molecule has 0 radical (unpaired) electrons. The Bertz CT molecular complexity index is 624. The van der Waals surface area contributed by atoms with Gasteiger partial charge in [-0.15, -0.1) is 12.4 Å². The molecule has 1 saturated heterocycles. The summed E-state index contributed by atoms with van der Waals surface area (Å²) >= 11 is 0. The molecule has 0 saturated carbocycles. The lowest BCUT2D eigenvalue weighted by molar-refractivity contribution is -0.131. The van der Waals surface area contributed by atoms with E-state index in [1.165, 1.54) is 19.2 Å². The van der Waals surface area contributed by atoms with Gasteiger partial charge in [-0.2, -0.15) is 4.31 Å². The molecular weight excluding hydrogens is 338 g/mol. The van der Waals surface area contributed by atoms with Crippen LogP contribution in [-0.4, -0.2) is 56.3 Å². The van der Waals surface area contributed by atoms with Crippen LogP contribution in [0.2, 0.25) is 0 Å². The van der Waals surface area contributed by atoms with Crippen LogP contribution in [0.15, 0.2) is 35.2 Å². The minimum absolute atomic E-state index is 0. The maximum Gasteiger partial charge on any atom is 0.243 e. The van der Waals surface area contributed by atoms with Crippen LogP contribution in [0.1, 0.15) is 13.3 Å². The molecule has 130 valence electrons. The molecule has 6 nitrogen and oxygen atoms in total. The molecule has 2 atom stereocenters. The number of amides is 1. The molecule has 2 N–H and O–H groups in total. The van der Waals surface area contributed by atoms with Crippen LogP contribution in [-0.2, 0) is 14.8 Å². The molecule has 1 heterocycles. The Kier molecular flexibility index (Phi) is 7.01. The zero-order valence-corrected chi connectivity index (χ0v) is 15.0. The van der Waals surface area contributed by atoms with Gasteiger partial charge in [-0.05, 0) is 37.9 Å². The van der Waals surface area contributed by atoms with Gasteiger partial charge in [0.2, 0.25) is 15.9 Å². The normalized spacial score (nSPS) is 21.3. The molecule has 23 heavy (non-hydrogen) atoms. The standard InChI is InChI=1S/C15H23N3O3S.ClH/c1-12-8-13(9-16)10-18(12)15(19)11-17(2)22(20,21)14-6-4-3-5-7-14;/h3-7,12-13H,8-11,16H2,1-2H3;1H. The molecule has 8 heteroatoms. The van der Waals surface area contributed by atoms with Crippen LogP contribution in [0, 0.1) is 5.92 Å². The Morgan fingerprint density at radius 2 is 1.96 bits per heavy atom. The van der Waals surface area contributed by atoms with Crippen molar-refractivity contribution in [3.8, 4) is 0 Å². The quantitative estimate of drug-likeness (QED) is 0.845. The Labute approximate surface area is 144 Å². The summed E-state index contributed by atoms with van der Waals surface area (Å²) in [6.45, 7) is 2.97. The molecule has 1 aromatic carbocycles. The average Bonchev–Trinajstić information content (AvgIpc) is 2.89. The third-order valence-corrected chi connectivity index (χ3v) is 5.94. The number of sulfonamides is 1. The highest BCUT2D eigenvalue weighted by molar-refractivity contribution is 7.89. The molecule has 0 aromatic heterocycles. The first-order valence-corrected chi connectivity index (χ1v) is 8.81. The van der Waals surface area contributed by atoms with Gasteiger partial charge in [0.1, 0.15) is 0 Å². The number of likely N-dealkylation sites (N-methyl/N-ethyl adjacent to an activating group) is 1. The molecule has 1 aromatic rings. The minimum Gasteiger partial charge on any atom is -0.339 e. The molecule has 0 aliphatic carbocycles. The topological polar surface area (TPSA) is 83.7 Å². The summed E-state index contributed by atoms with van der Waals surface area (Å²) in [6, 6.07) is 8.24. The number of carbonyl (C=O) groups excluding carboxylic acids is 1. The van der Waals surface area contributed by atoms with Gasteiger partial charge in [0.25, 0.3) is 0 Å². The van der Waals surface area contributed by atoms with Crippen molar-refractivity contribution < 1.29 is 13.2 Å². The Morgan fingerprint density at radius 3 is 2.48 bits per heavy atom. The van der Waals surface area contributed by atoms with Crippen LogP contribution in [0.4, 0.5) is 0 Å². The van der Waals surface area contributed by atoms with E-state index >= 15 is 0 Å². The maximum absolute atomic E-state index is 12.4. The smallest absolute Gasteiger partial charge is 0.243 e. The van der Waals surface area contributed by atoms with E-state index < -0.39 is 10.0 Å². The zero-order valence-electron chi connectivity index (χ0n) is 13.4. The zero-order chi connectivity index (χ0) is 16.3. The van der Waals surface area contributed by atoms with Gasteiger partial charge in [-0.1, -0.05) is 18.2 Å². The van der Waals surface area contributed by atoms with E-state index in [1.807, 2.05) is 6.92 Å². The second kappa shape index (κ2) is 8.10. The summed E-state index contributed by atoms with van der Waals surface area (Å²) in [5.41, 5.74) is 5.66. The van der Waals surface area contributed by atoms with Crippen molar-refractivity contribution in [1.29, 1.82) is 0 Å². The molecule has 2 unspecified atom stereocenters. The van der Waals surface area contributed by atoms with Gasteiger partial charge in [0.05, 0.1) is 11.4 Å². The number of hydrogen-bond donors (Lipinski definition) is 1. The van der Waals surface area contributed by atoms with E-state index in [1.54, 1.807) is 23.1 Å². The number of nitrogens with zero attached hydrogens (tertiary/aromatic N) is 2. The van der Waals surface area contributed by atoms with E-state index in [-0.39, 0.29) is 35.8 Å². The van der Waals surface area contributed by atoms with E-state index in [4.69, 9.17) is 5.73 Å².